The average Bonchev–Trinajstić information content (AvgIpc) is 2.70. The summed E-state index contributed by atoms with van der Waals surface area (Å²) in [6.07, 6.45) is 0. The van der Waals surface area contributed by atoms with E-state index < -0.39 is 28.1 Å². The number of carbonyl (C=O) groups is 2. The molecule has 86 valence electrons. The van der Waals surface area contributed by atoms with E-state index in [9.17, 15) is 9.59 Å². The van der Waals surface area contributed by atoms with Gasteiger partial charge in [-0.1, -0.05) is 23.2 Å². The molecule has 0 aromatic heterocycles. The van der Waals surface area contributed by atoms with Crippen molar-refractivity contribution in [3.63, 3.8) is 0 Å². The predicted octanol–water partition coefficient (Wildman–Crippen LogP) is 1.53. The van der Waals surface area contributed by atoms with Gasteiger partial charge in [0.1, 0.15) is 16.2 Å². The second kappa shape index (κ2) is 4.58. The van der Waals surface area contributed by atoms with E-state index in [2.05, 4.69) is 0 Å². The minimum Gasteiger partial charge on any atom is -0.466 e. The molecule has 0 aromatic rings. The van der Waals surface area contributed by atoms with Crippen LogP contribution in [0.4, 0.5) is 0 Å². The molecular formula is C9H12Cl2O4. The maximum absolute atomic E-state index is 11.3. The Morgan fingerprint density at radius 3 is 1.67 bits per heavy atom. The molecule has 6 heteroatoms. The largest absolute Gasteiger partial charge is 0.466 e. The molecular weight excluding hydrogens is 243 g/mol. The topological polar surface area (TPSA) is 52.6 Å². The minimum absolute atomic E-state index is 0.231. The average molecular weight is 255 g/mol. The van der Waals surface area contributed by atoms with Gasteiger partial charge in [-0.05, 0) is 13.8 Å². The Labute approximate surface area is 97.8 Å². The molecule has 0 aliphatic heterocycles. The first-order valence-electron chi connectivity index (χ1n) is 4.67. The molecule has 0 radical (unpaired) electrons. The smallest absolute Gasteiger partial charge is 0.313 e. The standard InChI is InChI=1S/C9H12Cl2O4/c1-3-14-7(12)5-6(9(5,10)11)8(13)15-4-2/h5-6H,3-4H2,1-2H3/t5-,6-/m1/s1. The number of esters is 2. The van der Waals surface area contributed by atoms with Gasteiger partial charge in [-0.3, -0.25) is 9.59 Å². The van der Waals surface area contributed by atoms with E-state index in [0.717, 1.165) is 0 Å². The summed E-state index contributed by atoms with van der Waals surface area (Å²) in [5.74, 6) is -2.72. The Bertz CT molecular complexity index is 251. The van der Waals surface area contributed by atoms with Gasteiger partial charge in [-0.2, -0.15) is 0 Å². The summed E-state index contributed by atoms with van der Waals surface area (Å²) in [4.78, 5) is 22.7. The first-order valence-corrected chi connectivity index (χ1v) is 5.43. The lowest BCUT2D eigenvalue weighted by Gasteiger charge is -2.00. The van der Waals surface area contributed by atoms with Gasteiger partial charge in [0.05, 0.1) is 13.2 Å². The summed E-state index contributed by atoms with van der Waals surface area (Å²) < 4.78 is 8.11. The lowest BCUT2D eigenvalue weighted by atomic mass is 10.3. The van der Waals surface area contributed by atoms with Gasteiger partial charge in [0.25, 0.3) is 0 Å². The third kappa shape index (κ3) is 2.37. The fourth-order valence-electron chi connectivity index (χ4n) is 1.38. The molecule has 2 atom stereocenters. The zero-order valence-corrected chi connectivity index (χ0v) is 9.97. The van der Waals surface area contributed by atoms with E-state index in [1.54, 1.807) is 13.8 Å². The van der Waals surface area contributed by atoms with Crippen LogP contribution in [0.3, 0.4) is 0 Å². The Hall–Kier alpha value is -0.480. The van der Waals surface area contributed by atoms with E-state index in [1.807, 2.05) is 0 Å². The van der Waals surface area contributed by atoms with E-state index in [0.29, 0.717) is 0 Å². The second-order valence-corrected chi connectivity index (χ2v) is 4.58. The van der Waals surface area contributed by atoms with E-state index in [1.165, 1.54) is 0 Å². The molecule has 1 saturated carbocycles. The molecule has 0 bridgehead atoms. The molecule has 1 rings (SSSR count). The van der Waals surface area contributed by atoms with Crippen molar-refractivity contribution in [2.75, 3.05) is 13.2 Å². The van der Waals surface area contributed by atoms with E-state index in [-0.39, 0.29) is 13.2 Å². The molecule has 0 saturated heterocycles. The highest BCUT2D eigenvalue weighted by atomic mass is 35.5. The maximum Gasteiger partial charge on any atom is 0.313 e. The Morgan fingerprint density at radius 2 is 1.40 bits per heavy atom. The van der Waals surface area contributed by atoms with Crippen LogP contribution in [-0.2, 0) is 19.1 Å². The van der Waals surface area contributed by atoms with Crippen LogP contribution in [-0.4, -0.2) is 29.5 Å². The van der Waals surface area contributed by atoms with Crippen molar-refractivity contribution in [3.05, 3.63) is 0 Å². The summed E-state index contributed by atoms with van der Waals surface area (Å²) >= 11 is 11.6. The zero-order chi connectivity index (χ0) is 11.6. The second-order valence-electron chi connectivity index (χ2n) is 3.13. The summed E-state index contributed by atoms with van der Waals surface area (Å²) in [6.45, 7) is 3.80. The molecule has 0 heterocycles. The number of rotatable bonds is 4. The molecule has 1 fully saturated rings. The summed E-state index contributed by atoms with van der Waals surface area (Å²) in [6, 6.07) is 0. The van der Waals surface area contributed by atoms with Crippen molar-refractivity contribution in [3.8, 4) is 0 Å². The molecule has 1 aliphatic carbocycles. The van der Waals surface area contributed by atoms with Crippen LogP contribution in [0.2, 0.25) is 0 Å². The number of carbonyl (C=O) groups excluding carboxylic acids is 2. The lowest BCUT2D eigenvalue weighted by Crippen LogP contribution is -2.13. The monoisotopic (exact) mass is 254 g/mol. The van der Waals surface area contributed by atoms with Crippen LogP contribution in [0.25, 0.3) is 0 Å². The van der Waals surface area contributed by atoms with Gasteiger partial charge in [0.15, 0.2) is 0 Å². The molecule has 0 spiro atoms. The highest BCUT2D eigenvalue weighted by Gasteiger charge is 2.72. The van der Waals surface area contributed by atoms with Gasteiger partial charge in [-0.15, -0.1) is 0 Å². The Balaban J connectivity index is 2.62. The molecule has 1 aliphatic rings. The normalized spacial score (nSPS) is 26.9. The van der Waals surface area contributed by atoms with Crippen molar-refractivity contribution in [2.45, 2.75) is 18.2 Å². The van der Waals surface area contributed by atoms with Crippen LogP contribution >= 0.6 is 23.2 Å². The minimum atomic E-state index is -1.38. The van der Waals surface area contributed by atoms with E-state index >= 15 is 0 Å². The number of halogens is 2. The molecule has 15 heavy (non-hydrogen) atoms. The van der Waals surface area contributed by atoms with Gasteiger partial charge in [-0.25, -0.2) is 0 Å². The van der Waals surface area contributed by atoms with Crippen LogP contribution < -0.4 is 0 Å². The van der Waals surface area contributed by atoms with Crippen molar-refractivity contribution in [1.29, 1.82) is 0 Å². The van der Waals surface area contributed by atoms with Crippen molar-refractivity contribution >= 4 is 35.1 Å². The van der Waals surface area contributed by atoms with Crippen LogP contribution in [0.5, 0.6) is 0 Å². The fraction of sp³-hybridized carbons (Fsp3) is 0.778. The third-order valence-electron chi connectivity index (χ3n) is 2.13. The Kier molecular flexibility index (Phi) is 3.84. The summed E-state index contributed by atoms with van der Waals surface area (Å²) in [7, 11) is 0. The number of ether oxygens (including phenoxy) is 2. The van der Waals surface area contributed by atoms with Gasteiger partial charge in [0.2, 0.25) is 0 Å². The molecule has 0 unspecified atom stereocenters. The van der Waals surface area contributed by atoms with Crippen LogP contribution in [0.15, 0.2) is 0 Å². The number of alkyl halides is 2. The van der Waals surface area contributed by atoms with E-state index in [4.69, 9.17) is 32.7 Å². The third-order valence-corrected chi connectivity index (χ3v) is 3.07. The van der Waals surface area contributed by atoms with Gasteiger partial charge in [0, 0.05) is 0 Å². The molecule has 4 nitrogen and oxygen atoms in total. The van der Waals surface area contributed by atoms with Crippen molar-refractivity contribution in [2.24, 2.45) is 11.8 Å². The van der Waals surface area contributed by atoms with Crippen molar-refractivity contribution < 1.29 is 19.1 Å². The number of hydrogen-bond acceptors (Lipinski definition) is 4. The fourth-order valence-corrected chi connectivity index (χ4v) is 2.11. The zero-order valence-electron chi connectivity index (χ0n) is 8.46. The number of hydrogen-bond donors (Lipinski definition) is 0. The van der Waals surface area contributed by atoms with Gasteiger partial charge < -0.3 is 9.47 Å². The van der Waals surface area contributed by atoms with Crippen LogP contribution in [0, 0.1) is 11.8 Å². The van der Waals surface area contributed by atoms with Crippen LogP contribution in [0.1, 0.15) is 13.8 Å². The van der Waals surface area contributed by atoms with Gasteiger partial charge >= 0.3 is 11.9 Å². The first-order chi connectivity index (χ1) is 6.96. The molecule has 0 aromatic carbocycles. The Morgan fingerprint density at radius 1 is 1.07 bits per heavy atom. The highest BCUT2D eigenvalue weighted by Crippen LogP contribution is 2.60. The first kappa shape index (κ1) is 12.6. The predicted molar refractivity (Wildman–Crippen MR) is 54.7 cm³/mol. The summed E-state index contributed by atoms with van der Waals surface area (Å²) in [5.41, 5.74) is 0. The maximum atomic E-state index is 11.3. The molecule has 0 N–H and O–H groups in total. The van der Waals surface area contributed by atoms with Crippen molar-refractivity contribution in [1.82, 2.24) is 0 Å². The summed E-state index contributed by atoms with van der Waals surface area (Å²) in [5, 5.41) is 0. The SMILES string of the molecule is CCOC(=O)[C@H]1[C@H](C(=O)OCC)C1(Cl)Cl. The molecule has 0 amide bonds. The quantitative estimate of drug-likeness (QED) is 0.564. The lowest BCUT2D eigenvalue weighted by molar-refractivity contribution is -0.150. The highest BCUT2D eigenvalue weighted by molar-refractivity contribution is 6.54.